The molecule has 0 radical (unpaired) electrons. The fourth-order valence-electron chi connectivity index (χ4n) is 4.53. The van der Waals surface area contributed by atoms with E-state index in [1.54, 1.807) is 24.1 Å². The van der Waals surface area contributed by atoms with E-state index in [0.29, 0.717) is 30.1 Å². The number of benzene rings is 2. The van der Waals surface area contributed by atoms with Gasteiger partial charge in [-0.15, -0.1) is 0 Å². The number of anilines is 1. The summed E-state index contributed by atoms with van der Waals surface area (Å²) in [6.45, 7) is 0.430. The molecule has 2 amide bonds. The van der Waals surface area contributed by atoms with Gasteiger partial charge in [-0.1, -0.05) is 24.3 Å². The SMILES string of the molecule is COc1ccc(CCCCN2C(=S)NC(=O)C2(CC(=O)Nc2ccc(OC)cn2)c2ccc(F)cc2)cc1. The van der Waals surface area contributed by atoms with Crippen LogP contribution in [0.1, 0.15) is 30.4 Å². The van der Waals surface area contributed by atoms with Crippen molar-refractivity contribution in [2.75, 3.05) is 26.1 Å². The normalized spacial score (nSPS) is 16.8. The molecule has 38 heavy (non-hydrogen) atoms. The Labute approximate surface area is 226 Å². The number of carbonyl (C=O) groups is 2. The number of carbonyl (C=O) groups excluding carboxylic acids is 2. The van der Waals surface area contributed by atoms with Crippen LogP contribution in [0.4, 0.5) is 10.2 Å². The van der Waals surface area contributed by atoms with Crippen molar-refractivity contribution in [1.29, 1.82) is 0 Å². The van der Waals surface area contributed by atoms with E-state index >= 15 is 0 Å². The molecule has 2 N–H and O–H groups in total. The number of halogens is 1. The molecule has 2 heterocycles. The van der Waals surface area contributed by atoms with E-state index < -0.39 is 23.2 Å². The summed E-state index contributed by atoms with van der Waals surface area (Å²) < 4.78 is 24.1. The summed E-state index contributed by atoms with van der Waals surface area (Å²) >= 11 is 5.52. The van der Waals surface area contributed by atoms with Gasteiger partial charge in [0.25, 0.3) is 5.91 Å². The molecule has 10 heteroatoms. The third-order valence-corrected chi connectivity index (χ3v) is 6.86. The van der Waals surface area contributed by atoms with Gasteiger partial charge in [0.15, 0.2) is 10.7 Å². The molecule has 1 unspecified atom stereocenters. The molecule has 2 aromatic carbocycles. The monoisotopic (exact) mass is 536 g/mol. The summed E-state index contributed by atoms with van der Waals surface area (Å²) in [4.78, 5) is 32.6. The van der Waals surface area contributed by atoms with E-state index in [-0.39, 0.29) is 11.5 Å². The zero-order chi connectivity index (χ0) is 27.1. The van der Waals surface area contributed by atoms with Crippen molar-refractivity contribution >= 4 is 35.0 Å². The first-order valence-corrected chi connectivity index (χ1v) is 12.6. The van der Waals surface area contributed by atoms with Crippen molar-refractivity contribution in [2.24, 2.45) is 0 Å². The molecule has 8 nitrogen and oxygen atoms in total. The van der Waals surface area contributed by atoms with E-state index in [1.165, 1.54) is 43.1 Å². The lowest BCUT2D eigenvalue weighted by Crippen LogP contribution is -2.49. The van der Waals surface area contributed by atoms with Crippen molar-refractivity contribution < 1.29 is 23.5 Å². The minimum Gasteiger partial charge on any atom is -0.497 e. The van der Waals surface area contributed by atoms with Crippen molar-refractivity contribution in [3.8, 4) is 11.5 Å². The third-order valence-electron chi connectivity index (χ3n) is 6.54. The predicted molar refractivity (Wildman–Crippen MR) is 145 cm³/mol. The Balaban J connectivity index is 1.53. The first-order valence-electron chi connectivity index (χ1n) is 12.2. The maximum absolute atomic E-state index is 13.8. The molecular weight excluding hydrogens is 507 g/mol. The number of hydrogen-bond acceptors (Lipinski definition) is 6. The van der Waals surface area contributed by atoms with E-state index in [1.807, 2.05) is 24.3 Å². The highest BCUT2D eigenvalue weighted by Crippen LogP contribution is 2.37. The van der Waals surface area contributed by atoms with Gasteiger partial charge < -0.3 is 25.0 Å². The van der Waals surface area contributed by atoms with Crippen molar-refractivity contribution in [3.63, 3.8) is 0 Å². The molecule has 0 bridgehead atoms. The molecule has 3 aromatic rings. The number of amides is 2. The molecule has 1 aliphatic heterocycles. The fourth-order valence-corrected chi connectivity index (χ4v) is 4.87. The van der Waals surface area contributed by atoms with Crippen LogP contribution in [0, 0.1) is 5.82 Å². The number of nitrogens with zero attached hydrogens (tertiary/aromatic N) is 2. The maximum atomic E-state index is 13.8. The Morgan fingerprint density at radius 1 is 1.03 bits per heavy atom. The summed E-state index contributed by atoms with van der Waals surface area (Å²) in [7, 11) is 3.15. The van der Waals surface area contributed by atoms with Crippen LogP contribution < -0.4 is 20.1 Å². The van der Waals surface area contributed by atoms with Gasteiger partial charge in [0.2, 0.25) is 5.91 Å². The van der Waals surface area contributed by atoms with Gasteiger partial charge in [0.05, 0.1) is 26.8 Å². The molecule has 0 spiro atoms. The number of ether oxygens (including phenoxy) is 2. The minimum absolute atomic E-state index is 0.235. The number of methoxy groups -OCH3 is 2. The number of unbranched alkanes of at least 4 members (excludes halogenated alkanes) is 1. The minimum atomic E-state index is -1.43. The van der Waals surface area contributed by atoms with Crippen LogP contribution in [0.5, 0.6) is 11.5 Å². The zero-order valence-corrected chi connectivity index (χ0v) is 22.0. The summed E-state index contributed by atoms with van der Waals surface area (Å²) in [5.74, 6) is 0.358. The largest absolute Gasteiger partial charge is 0.497 e. The van der Waals surface area contributed by atoms with Crippen LogP contribution >= 0.6 is 12.2 Å². The molecule has 1 aliphatic rings. The predicted octanol–water partition coefficient (Wildman–Crippen LogP) is 4.20. The van der Waals surface area contributed by atoms with Gasteiger partial charge in [0.1, 0.15) is 23.1 Å². The number of hydrogen-bond donors (Lipinski definition) is 2. The standard InChI is InChI=1S/C28H29FN4O4S/c1-36-22-12-6-19(7-13-22)5-3-4-16-33-27(38)32-26(35)28(33,20-8-10-21(29)11-9-20)17-25(34)31-24-15-14-23(37-2)18-30-24/h6-15,18H,3-5,16-17H2,1-2H3,(H,30,31,34)(H,32,35,38). The molecule has 1 aromatic heterocycles. The van der Waals surface area contributed by atoms with E-state index in [9.17, 15) is 14.0 Å². The van der Waals surface area contributed by atoms with E-state index in [0.717, 1.165) is 18.6 Å². The first kappa shape index (κ1) is 27.0. The summed E-state index contributed by atoms with van der Waals surface area (Å²) in [6, 6.07) is 16.7. The molecule has 1 fully saturated rings. The van der Waals surface area contributed by atoms with Gasteiger partial charge in [-0.25, -0.2) is 9.37 Å². The second-order valence-electron chi connectivity index (χ2n) is 8.89. The average Bonchev–Trinajstić information content (AvgIpc) is 3.16. The number of aryl methyl sites for hydroxylation is 1. The van der Waals surface area contributed by atoms with Crippen LogP contribution in [-0.2, 0) is 21.5 Å². The Hall–Kier alpha value is -4.05. The maximum Gasteiger partial charge on any atom is 0.257 e. The molecule has 198 valence electrons. The van der Waals surface area contributed by atoms with Gasteiger partial charge in [-0.2, -0.15) is 0 Å². The molecule has 1 atom stereocenters. The number of aromatic nitrogens is 1. The summed E-state index contributed by atoms with van der Waals surface area (Å²) in [6.07, 6.45) is 3.63. The van der Waals surface area contributed by atoms with Crippen molar-refractivity contribution in [1.82, 2.24) is 15.2 Å². The third kappa shape index (κ3) is 5.91. The van der Waals surface area contributed by atoms with Gasteiger partial charge >= 0.3 is 0 Å². The lowest BCUT2D eigenvalue weighted by atomic mass is 9.84. The lowest BCUT2D eigenvalue weighted by molar-refractivity contribution is -0.131. The molecule has 1 saturated heterocycles. The van der Waals surface area contributed by atoms with Crippen LogP contribution in [0.3, 0.4) is 0 Å². The highest BCUT2D eigenvalue weighted by molar-refractivity contribution is 7.80. The van der Waals surface area contributed by atoms with Crippen LogP contribution in [0.15, 0.2) is 66.9 Å². The van der Waals surface area contributed by atoms with E-state index in [2.05, 4.69) is 15.6 Å². The van der Waals surface area contributed by atoms with Crippen LogP contribution in [0.2, 0.25) is 0 Å². The fraction of sp³-hybridized carbons (Fsp3) is 0.286. The molecular formula is C28H29FN4O4S. The summed E-state index contributed by atoms with van der Waals surface area (Å²) in [5.41, 5.74) is 0.214. The highest BCUT2D eigenvalue weighted by atomic mass is 32.1. The van der Waals surface area contributed by atoms with Gasteiger partial charge in [-0.3, -0.25) is 9.59 Å². The topological polar surface area (TPSA) is 92.8 Å². The number of thiocarbonyl (C=S) groups is 1. The van der Waals surface area contributed by atoms with Crippen LogP contribution in [-0.4, -0.2) is 47.6 Å². The second kappa shape index (κ2) is 12.0. The Morgan fingerprint density at radius 3 is 2.34 bits per heavy atom. The van der Waals surface area contributed by atoms with Crippen molar-refractivity contribution in [2.45, 2.75) is 31.2 Å². The molecule has 4 rings (SSSR count). The Kier molecular flexibility index (Phi) is 8.52. The lowest BCUT2D eigenvalue weighted by Gasteiger charge is -2.36. The average molecular weight is 537 g/mol. The van der Waals surface area contributed by atoms with Crippen molar-refractivity contribution in [3.05, 3.63) is 83.8 Å². The second-order valence-corrected chi connectivity index (χ2v) is 9.28. The Bertz CT molecular complexity index is 1290. The molecule has 0 aliphatic carbocycles. The number of nitrogens with one attached hydrogen (secondary N) is 2. The first-order chi connectivity index (χ1) is 18.3. The van der Waals surface area contributed by atoms with E-state index in [4.69, 9.17) is 21.7 Å². The van der Waals surface area contributed by atoms with Gasteiger partial charge in [-0.05, 0) is 79.0 Å². The molecule has 0 saturated carbocycles. The highest BCUT2D eigenvalue weighted by Gasteiger charge is 2.53. The Morgan fingerprint density at radius 2 is 1.71 bits per heavy atom. The van der Waals surface area contributed by atoms with Gasteiger partial charge in [0, 0.05) is 6.54 Å². The smallest absolute Gasteiger partial charge is 0.257 e. The summed E-state index contributed by atoms with van der Waals surface area (Å²) in [5, 5.41) is 5.70. The quantitative estimate of drug-likeness (QED) is 0.280. The zero-order valence-electron chi connectivity index (χ0n) is 21.2. The number of pyridine rings is 1. The number of rotatable bonds is 11. The van der Waals surface area contributed by atoms with Crippen LogP contribution in [0.25, 0.3) is 0 Å².